The highest BCUT2D eigenvalue weighted by molar-refractivity contribution is 5.94. The van der Waals surface area contributed by atoms with Crippen molar-refractivity contribution in [1.82, 2.24) is 19.8 Å². The first kappa shape index (κ1) is 28.0. The molecule has 0 aliphatic carbocycles. The minimum Gasteiger partial charge on any atom is -0.462 e. The molecule has 2 saturated heterocycles. The summed E-state index contributed by atoms with van der Waals surface area (Å²) in [6.07, 6.45) is 4.66. The summed E-state index contributed by atoms with van der Waals surface area (Å²) in [4.78, 5) is 31.5. The molecule has 3 aliphatic heterocycles. The van der Waals surface area contributed by atoms with Gasteiger partial charge < -0.3 is 24.3 Å². The van der Waals surface area contributed by atoms with Crippen LogP contribution < -0.4 is 14.5 Å². The average molecular weight is 566 g/mol. The average Bonchev–Trinajstić information content (AvgIpc) is 3.43. The van der Waals surface area contributed by atoms with E-state index in [1.165, 1.54) is 29.0 Å². The molecule has 2 aromatic carbocycles. The Morgan fingerprint density at radius 2 is 1.98 bits per heavy atom. The van der Waals surface area contributed by atoms with Crippen molar-refractivity contribution in [3.05, 3.63) is 66.4 Å². The number of nitrogens with zero attached hydrogens (tertiary/aromatic N) is 7. The third kappa shape index (κ3) is 5.39. The Labute approximate surface area is 248 Å². The Kier molecular flexibility index (Phi) is 7.98. The lowest BCUT2D eigenvalue weighted by Gasteiger charge is -2.46. The first-order chi connectivity index (χ1) is 20.5. The second-order valence-electron chi connectivity index (χ2n) is 11.7. The molecule has 0 bridgehead atoms. The number of benzene rings is 2. The SMILES string of the molecule is C=CC(=O)N1C[C@@H](C)N(c2nc(OCC3CCCN3C)nc3c2CCN(c2cccc4ccccc24)C3)C[C@@H]1CC#N. The summed E-state index contributed by atoms with van der Waals surface area (Å²) >= 11 is 0. The highest BCUT2D eigenvalue weighted by atomic mass is 16.5. The van der Waals surface area contributed by atoms with Gasteiger partial charge in [0, 0.05) is 48.4 Å². The van der Waals surface area contributed by atoms with Crippen LogP contribution in [0, 0.1) is 11.3 Å². The first-order valence-electron chi connectivity index (χ1n) is 15.0. The van der Waals surface area contributed by atoms with Gasteiger partial charge in [-0.3, -0.25) is 4.79 Å². The van der Waals surface area contributed by atoms with Gasteiger partial charge >= 0.3 is 6.01 Å². The van der Waals surface area contributed by atoms with Crippen LogP contribution in [-0.4, -0.2) is 83.6 Å². The molecule has 9 heteroatoms. The number of piperazine rings is 1. The number of amides is 1. The van der Waals surface area contributed by atoms with Crippen LogP contribution in [0.5, 0.6) is 6.01 Å². The fraction of sp³-hybridized carbons (Fsp3) is 0.455. The molecule has 1 aromatic heterocycles. The lowest BCUT2D eigenvalue weighted by molar-refractivity contribution is -0.129. The summed E-state index contributed by atoms with van der Waals surface area (Å²) in [6, 6.07) is 17.8. The van der Waals surface area contributed by atoms with Crippen LogP contribution in [0.2, 0.25) is 0 Å². The van der Waals surface area contributed by atoms with E-state index in [9.17, 15) is 10.1 Å². The number of carbonyl (C=O) groups excluding carboxylic acids is 1. The van der Waals surface area contributed by atoms with Gasteiger partial charge in [-0.1, -0.05) is 43.0 Å². The third-order valence-corrected chi connectivity index (χ3v) is 9.10. The Hall–Kier alpha value is -4.16. The molecule has 3 aromatic rings. The standard InChI is InChI=1S/C33H39N7O2/c1-4-31(41)40-19-23(2)39(20-25(40)14-16-34)32-28-15-18-38(30-13-7-10-24-9-5-6-12-27(24)30)21-29(28)35-33(36-32)42-22-26-11-8-17-37(26)3/h4-7,9-10,12-13,23,25-26H,1,8,11,14-15,17-22H2,2-3H3/t23-,25+,26?/m1/s1. The Morgan fingerprint density at radius 3 is 2.76 bits per heavy atom. The van der Waals surface area contributed by atoms with Gasteiger partial charge in [-0.05, 0) is 57.3 Å². The van der Waals surface area contributed by atoms with Crippen LogP contribution in [0.4, 0.5) is 11.5 Å². The van der Waals surface area contributed by atoms with E-state index in [0.717, 1.165) is 43.0 Å². The lowest BCUT2D eigenvalue weighted by atomic mass is 9.99. The van der Waals surface area contributed by atoms with Crippen LogP contribution in [0.3, 0.4) is 0 Å². The molecule has 3 atom stereocenters. The minimum absolute atomic E-state index is 0.00718. The molecule has 0 spiro atoms. The topological polar surface area (TPSA) is 88.8 Å². The van der Waals surface area contributed by atoms with Crippen LogP contribution >= 0.6 is 0 Å². The monoisotopic (exact) mass is 565 g/mol. The Bertz CT molecular complexity index is 1510. The number of likely N-dealkylation sites (tertiary alicyclic amines) is 1. The Morgan fingerprint density at radius 1 is 1.14 bits per heavy atom. The van der Waals surface area contributed by atoms with Crippen molar-refractivity contribution in [3.8, 4) is 12.1 Å². The maximum Gasteiger partial charge on any atom is 0.318 e. The Balaban J connectivity index is 1.35. The highest BCUT2D eigenvalue weighted by Crippen LogP contribution is 2.36. The summed E-state index contributed by atoms with van der Waals surface area (Å²) in [5.74, 6) is 0.732. The van der Waals surface area contributed by atoms with Crippen molar-refractivity contribution in [2.45, 2.75) is 57.3 Å². The molecule has 218 valence electrons. The lowest BCUT2D eigenvalue weighted by Crippen LogP contribution is -2.59. The molecule has 6 rings (SSSR count). The van der Waals surface area contributed by atoms with Crippen LogP contribution in [0.15, 0.2) is 55.1 Å². The van der Waals surface area contributed by atoms with E-state index in [4.69, 9.17) is 14.7 Å². The fourth-order valence-electron chi connectivity index (χ4n) is 6.74. The smallest absolute Gasteiger partial charge is 0.318 e. The maximum atomic E-state index is 12.7. The predicted molar refractivity (Wildman–Crippen MR) is 165 cm³/mol. The van der Waals surface area contributed by atoms with Gasteiger partial charge in [-0.2, -0.15) is 15.2 Å². The molecule has 9 nitrogen and oxygen atoms in total. The van der Waals surface area contributed by atoms with E-state index < -0.39 is 0 Å². The molecule has 2 fully saturated rings. The largest absolute Gasteiger partial charge is 0.462 e. The third-order valence-electron chi connectivity index (χ3n) is 9.10. The molecular weight excluding hydrogens is 526 g/mol. The molecular formula is C33H39N7O2. The molecule has 42 heavy (non-hydrogen) atoms. The quantitative estimate of drug-likeness (QED) is 0.395. The van der Waals surface area contributed by atoms with Crippen LogP contribution in [-0.2, 0) is 17.8 Å². The normalized spacial score (nSPS) is 22.6. The number of fused-ring (bicyclic) bond motifs is 2. The molecule has 0 saturated carbocycles. The van der Waals surface area contributed by atoms with Gasteiger partial charge in [-0.25, -0.2) is 0 Å². The van der Waals surface area contributed by atoms with Gasteiger partial charge in [0.2, 0.25) is 5.91 Å². The summed E-state index contributed by atoms with van der Waals surface area (Å²) in [5.41, 5.74) is 3.30. The summed E-state index contributed by atoms with van der Waals surface area (Å²) < 4.78 is 6.32. The molecule has 3 aliphatic rings. The van der Waals surface area contributed by atoms with E-state index >= 15 is 0 Å². The van der Waals surface area contributed by atoms with Crippen molar-refractivity contribution in [3.63, 3.8) is 0 Å². The first-order valence-corrected chi connectivity index (χ1v) is 15.0. The van der Waals surface area contributed by atoms with Crippen molar-refractivity contribution in [1.29, 1.82) is 5.26 Å². The molecule has 0 N–H and O–H groups in total. The summed E-state index contributed by atoms with van der Waals surface area (Å²) in [5, 5.41) is 12.0. The predicted octanol–water partition coefficient (Wildman–Crippen LogP) is 4.17. The molecule has 1 unspecified atom stereocenters. The number of likely N-dealkylation sites (N-methyl/N-ethyl adjacent to an activating group) is 1. The van der Waals surface area contributed by atoms with E-state index in [0.29, 0.717) is 38.3 Å². The van der Waals surface area contributed by atoms with E-state index in [1.807, 2.05) is 0 Å². The number of anilines is 2. The number of hydrogen-bond acceptors (Lipinski definition) is 8. The van der Waals surface area contributed by atoms with Gasteiger partial charge in [-0.15, -0.1) is 0 Å². The summed E-state index contributed by atoms with van der Waals surface area (Å²) in [7, 11) is 2.14. The number of rotatable bonds is 7. The van der Waals surface area contributed by atoms with Crippen molar-refractivity contribution in [2.24, 2.45) is 0 Å². The number of carbonyl (C=O) groups is 1. The van der Waals surface area contributed by atoms with E-state index in [2.05, 4.69) is 83.8 Å². The second kappa shape index (κ2) is 12.0. The second-order valence-corrected chi connectivity index (χ2v) is 11.7. The van der Waals surface area contributed by atoms with E-state index in [-0.39, 0.29) is 24.4 Å². The van der Waals surface area contributed by atoms with Gasteiger partial charge in [0.05, 0.1) is 30.8 Å². The van der Waals surface area contributed by atoms with Crippen LogP contribution in [0.1, 0.15) is 37.4 Å². The molecule has 4 heterocycles. The van der Waals surface area contributed by atoms with Crippen LogP contribution in [0.25, 0.3) is 10.8 Å². The van der Waals surface area contributed by atoms with Gasteiger partial charge in [0.1, 0.15) is 12.4 Å². The molecule has 0 radical (unpaired) electrons. The number of hydrogen-bond donors (Lipinski definition) is 0. The van der Waals surface area contributed by atoms with E-state index in [1.54, 1.807) is 4.90 Å². The number of aromatic nitrogens is 2. The van der Waals surface area contributed by atoms with Crippen molar-refractivity contribution >= 4 is 28.2 Å². The zero-order valence-electron chi connectivity index (χ0n) is 24.6. The number of nitriles is 1. The fourth-order valence-corrected chi connectivity index (χ4v) is 6.74. The van der Waals surface area contributed by atoms with Crippen molar-refractivity contribution in [2.75, 3.05) is 49.6 Å². The maximum absolute atomic E-state index is 12.7. The van der Waals surface area contributed by atoms with Crippen molar-refractivity contribution < 1.29 is 9.53 Å². The zero-order chi connectivity index (χ0) is 29.2. The summed E-state index contributed by atoms with van der Waals surface area (Å²) in [6.45, 7) is 9.94. The minimum atomic E-state index is -0.241. The zero-order valence-corrected chi connectivity index (χ0v) is 24.6. The highest BCUT2D eigenvalue weighted by Gasteiger charge is 2.37. The van der Waals surface area contributed by atoms with Gasteiger partial charge in [0.25, 0.3) is 0 Å². The number of ether oxygens (including phenoxy) is 1. The van der Waals surface area contributed by atoms with Gasteiger partial charge in [0.15, 0.2) is 0 Å². The molecule has 1 amide bonds.